The summed E-state index contributed by atoms with van der Waals surface area (Å²) in [6, 6.07) is 0.580. The molecule has 0 radical (unpaired) electrons. The van der Waals surface area contributed by atoms with E-state index in [1.54, 1.807) is 0 Å². The standard InChI is InChI=1S/C12H14F3N3O/c13-7-5-9(14)11(10(15)6-7)17-8-1-3-18(4-2-8)12(16)19/h5-6,8,17H,1-4H2,(H2,16,19). The molecule has 1 saturated heterocycles. The van der Waals surface area contributed by atoms with Gasteiger partial charge in [0.15, 0.2) is 11.6 Å². The quantitative estimate of drug-likeness (QED) is 0.866. The van der Waals surface area contributed by atoms with Gasteiger partial charge in [-0.1, -0.05) is 0 Å². The number of anilines is 1. The second-order valence-electron chi connectivity index (χ2n) is 4.49. The molecule has 2 amide bonds. The zero-order valence-electron chi connectivity index (χ0n) is 10.1. The van der Waals surface area contributed by atoms with Crippen LogP contribution in [0.2, 0.25) is 0 Å². The van der Waals surface area contributed by atoms with Crippen LogP contribution in [-0.4, -0.2) is 30.1 Å². The van der Waals surface area contributed by atoms with Crippen LogP contribution >= 0.6 is 0 Å². The first kappa shape index (κ1) is 13.5. The van der Waals surface area contributed by atoms with E-state index in [9.17, 15) is 18.0 Å². The van der Waals surface area contributed by atoms with E-state index in [-0.39, 0.29) is 11.7 Å². The van der Waals surface area contributed by atoms with E-state index >= 15 is 0 Å². The van der Waals surface area contributed by atoms with Gasteiger partial charge in [-0.2, -0.15) is 0 Å². The molecule has 0 bridgehead atoms. The first-order valence-corrected chi connectivity index (χ1v) is 5.93. The maximum Gasteiger partial charge on any atom is 0.314 e. The summed E-state index contributed by atoms with van der Waals surface area (Å²) in [5, 5.41) is 2.71. The lowest BCUT2D eigenvalue weighted by Crippen LogP contribution is -2.44. The minimum atomic E-state index is -0.963. The number of halogens is 3. The number of nitrogens with one attached hydrogen (secondary N) is 1. The van der Waals surface area contributed by atoms with E-state index in [0.717, 1.165) is 0 Å². The molecule has 4 nitrogen and oxygen atoms in total. The Morgan fingerprint density at radius 2 is 1.74 bits per heavy atom. The van der Waals surface area contributed by atoms with Crippen LogP contribution in [0.25, 0.3) is 0 Å². The van der Waals surface area contributed by atoms with E-state index in [1.807, 2.05) is 0 Å². The van der Waals surface area contributed by atoms with Crippen LogP contribution < -0.4 is 11.1 Å². The molecule has 7 heteroatoms. The maximum atomic E-state index is 13.4. The fourth-order valence-electron chi connectivity index (χ4n) is 2.13. The molecule has 3 N–H and O–H groups in total. The molecule has 1 fully saturated rings. The molecule has 104 valence electrons. The third-order valence-corrected chi connectivity index (χ3v) is 3.16. The van der Waals surface area contributed by atoms with Crippen LogP contribution in [0, 0.1) is 17.5 Å². The summed E-state index contributed by atoms with van der Waals surface area (Å²) in [6.07, 6.45) is 1.05. The van der Waals surface area contributed by atoms with Crippen molar-refractivity contribution in [3.05, 3.63) is 29.6 Å². The molecule has 0 saturated carbocycles. The Morgan fingerprint density at radius 1 is 1.21 bits per heavy atom. The number of primary amides is 1. The van der Waals surface area contributed by atoms with Gasteiger partial charge in [-0.3, -0.25) is 0 Å². The van der Waals surface area contributed by atoms with Crippen molar-refractivity contribution >= 4 is 11.7 Å². The summed E-state index contributed by atoms with van der Waals surface area (Å²) < 4.78 is 39.6. The molecule has 19 heavy (non-hydrogen) atoms. The van der Waals surface area contributed by atoms with Crippen LogP contribution in [0.4, 0.5) is 23.7 Å². The van der Waals surface area contributed by atoms with Crippen LogP contribution in [0.1, 0.15) is 12.8 Å². The van der Waals surface area contributed by atoms with Gasteiger partial charge in [-0.05, 0) is 12.8 Å². The van der Waals surface area contributed by atoms with Crippen molar-refractivity contribution in [3.8, 4) is 0 Å². The Kier molecular flexibility index (Phi) is 3.82. The van der Waals surface area contributed by atoms with Gasteiger partial charge in [0.05, 0.1) is 0 Å². The van der Waals surface area contributed by atoms with Crippen LogP contribution in [-0.2, 0) is 0 Å². The number of urea groups is 1. The molecule has 0 atom stereocenters. The van der Waals surface area contributed by atoms with Crippen molar-refractivity contribution in [2.45, 2.75) is 18.9 Å². The van der Waals surface area contributed by atoms with Gasteiger partial charge in [-0.25, -0.2) is 18.0 Å². The highest BCUT2D eigenvalue weighted by molar-refractivity contribution is 5.72. The lowest BCUT2D eigenvalue weighted by molar-refractivity contribution is 0.193. The molecule has 1 aromatic carbocycles. The van der Waals surface area contributed by atoms with Gasteiger partial charge >= 0.3 is 6.03 Å². The number of hydrogen-bond acceptors (Lipinski definition) is 2. The number of nitrogens with zero attached hydrogens (tertiary/aromatic N) is 1. The summed E-state index contributed by atoms with van der Waals surface area (Å²) in [6.45, 7) is 0.856. The highest BCUT2D eigenvalue weighted by atomic mass is 19.1. The molecule has 1 aliphatic rings. The van der Waals surface area contributed by atoms with Gasteiger partial charge in [-0.15, -0.1) is 0 Å². The van der Waals surface area contributed by atoms with Gasteiger partial charge in [0, 0.05) is 31.3 Å². The zero-order valence-corrected chi connectivity index (χ0v) is 10.1. The second kappa shape index (κ2) is 5.38. The minimum Gasteiger partial charge on any atom is -0.377 e. The van der Waals surface area contributed by atoms with E-state index in [4.69, 9.17) is 5.73 Å². The van der Waals surface area contributed by atoms with Crippen molar-refractivity contribution in [2.24, 2.45) is 5.73 Å². The first-order valence-electron chi connectivity index (χ1n) is 5.93. The third-order valence-electron chi connectivity index (χ3n) is 3.16. The minimum absolute atomic E-state index is 0.176. The van der Waals surface area contributed by atoms with Crippen molar-refractivity contribution in [1.29, 1.82) is 0 Å². The van der Waals surface area contributed by atoms with Crippen molar-refractivity contribution in [2.75, 3.05) is 18.4 Å². The SMILES string of the molecule is NC(=O)N1CCC(Nc2c(F)cc(F)cc2F)CC1. The Morgan fingerprint density at radius 3 is 2.21 bits per heavy atom. The highest BCUT2D eigenvalue weighted by Crippen LogP contribution is 2.23. The molecule has 0 unspecified atom stereocenters. The number of carbonyl (C=O) groups is 1. The number of carbonyl (C=O) groups excluding carboxylic acids is 1. The summed E-state index contributed by atoms with van der Waals surface area (Å²) in [5.41, 5.74) is 4.80. The average molecular weight is 273 g/mol. The Labute approximate surface area is 108 Å². The molecule has 1 aliphatic heterocycles. The highest BCUT2D eigenvalue weighted by Gasteiger charge is 2.23. The number of likely N-dealkylation sites (tertiary alicyclic amines) is 1. The predicted octanol–water partition coefficient (Wildman–Crippen LogP) is 2.06. The second-order valence-corrected chi connectivity index (χ2v) is 4.49. The third kappa shape index (κ3) is 3.10. The van der Waals surface area contributed by atoms with Crippen LogP contribution in [0.3, 0.4) is 0 Å². The summed E-state index contributed by atoms with van der Waals surface area (Å²) in [7, 11) is 0. The van der Waals surface area contributed by atoms with Crippen molar-refractivity contribution < 1.29 is 18.0 Å². The topological polar surface area (TPSA) is 58.4 Å². The molecular weight excluding hydrogens is 259 g/mol. The summed E-state index contributed by atoms with van der Waals surface area (Å²) in [4.78, 5) is 12.4. The monoisotopic (exact) mass is 273 g/mol. The lowest BCUT2D eigenvalue weighted by atomic mass is 10.0. The normalized spacial score (nSPS) is 16.5. The van der Waals surface area contributed by atoms with E-state index in [0.29, 0.717) is 38.1 Å². The molecule has 1 heterocycles. The van der Waals surface area contributed by atoms with Gasteiger partial charge < -0.3 is 16.0 Å². The number of rotatable bonds is 2. The predicted molar refractivity (Wildman–Crippen MR) is 64.1 cm³/mol. The Hall–Kier alpha value is -1.92. The van der Waals surface area contributed by atoms with Crippen molar-refractivity contribution in [1.82, 2.24) is 4.90 Å². The summed E-state index contributed by atoms with van der Waals surface area (Å²) in [5.74, 6) is -2.88. The molecule has 0 spiro atoms. The smallest absolute Gasteiger partial charge is 0.314 e. The van der Waals surface area contributed by atoms with Gasteiger partial charge in [0.1, 0.15) is 11.5 Å². The molecule has 0 aliphatic carbocycles. The first-order chi connectivity index (χ1) is 8.97. The number of hydrogen-bond donors (Lipinski definition) is 2. The van der Waals surface area contributed by atoms with Crippen LogP contribution in [0.15, 0.2) is 12.1 Å². The van der Waals surface area contributed by atoms with Gasteiger partial charge in [0.25, 0.3) is 0 Å². The van der Waals surface area contributed by atoms with Gasteiger partial charge in [0.2, 0.25) is 0 Å². The largest absolute Gasteiger partial charge is 0.377 e. The molecule has 2 rings (SSSR count). The number of benzene rings is 1. The lowest BCUT2D eigenvalue weighted by Gasteiger charge is -2.31. The zero-order chi connectivity index (χ0) is 14.0. The Bertz CT molecular complexity index is 464. The number of amides is 2. The number of piperidine rings is 1. The molecular formula is C12H14F3N3O. The maximum absolute atomic E-state index is 13.4. The van der Waals surface area contributed by atoms with E-state index in [1.165, 1.54) is 4.90 Å². The molecule has 1 aromatic rings. The molecule has 0 aromatic heterocycles. The average Bonchev–Trinajstić information content (AvgIpc) is 2.34. The fourth-order valence-corrected chi connectivity index (χ4v) is 2.13. The van der Waals surface area contributed by atoms with Crippen LogP contribution in [0.5, 0.6) is 0 Å². The van der Waals surface area contributed by atoms with E-state index < -0.39 is 23.5 Å². The van der Waals surface area contributed by atoms with Crippen molar-refractivity contribution in [3.63, 3.8) is 0 Å². The Balaban J connectivity index is 2.02. The van der Waals surface area contributed by atoms with E-state index in [2.05, 4.69) is 5.32 Å². The fraction of sp³-hybridized carbons (Fsp3) is 0.417. The number of nitrogens with two attached hydrogens (primary N) is 1. The summed E-state index contributed by atoms with van der Waals surface area (Å²) >= 11 is 0.